The van der Waals surface area contributed by atoms with Crippen molar-refractivity contribution in [3.63, 3.8) is 0 Å². The van der Waals surface area contributed by atoms with E-state index in [9.17, 15) is 5.11 Å². The Labute approximate surface area is 117 Å². The van der Waals surface area contributed by atoms with Gasteiger partial charge in [-0.3, -0.25) is 4.90 Å². The summed E-state index contributed by atoms with van der Waals surface area (Å²) in [4.78, 5) is 2.28. The fourth-order valence-corrected chi connectivity index (χ4v) is 2.88. The lowest BCUT2D eigenvalue weighted by Gasteiger charge is -2.47. The highest BCUT2D eigenvalue weighted by Crippen LogP contribution is 2.27. The Bertz CT molecular complexity index is 253. The molecule has 0 aliphatic carbocycles. The highest BCUT2D eigenvalue weighted by Gasteiger charge is 2.38. The Morgan fingerprint density at radius 1 is 1.26 bits per heavy atom. The largest absolute Gasteiger partial charge is 0.390 e. The van der Waals surface area contributed by atoms with Crippen molar-refractivity contribution in [3.05, 3.63) is 0 Å². The first-order valence-corrected chi connectivity index (χ1v) is 7.04. The molecule has 0 radical (unpaired) electrons. The third kappa shape index (κ3) is 6.68. The number of morpholine rings is 1. The lowest BCUT2D eigenvalue weighted by atomic mass is 9.98. The SMILES string of the molecule is COCCNCC(O)CN1CC(C)(C)OC(C)(C)C1. The van der Waals surface area contributed by atoms with Crippen LogP contribution in [0.4, 0.5) is 0 Å². The van der Waals surface area contributed by atoms with Gasteiger partial charge in [-0.1, -0.05) is 0 Å². The lowest BCUT2D eigenvalue weighted by Crippen LogP contribution is -2.58. The topological polar surface area (TPSA) is 54.0 Å². The molecule has 1 heterocycles. The van der Waals surface area contributed by atoms with Crippen LogP contribution in [0.5, 0.6) is 0 Å². The van der Waals surface area contributed by atoms with Crippen molar-refractivity contribution in [2.24, 2.45) is 0 Å². The quantitative estimate of drug-likeness (QED) is 0.661. The molecule has 0 aromatic rings. The lowest BCUT2D eigenvalue weighted by molar-refractivity contribution is -0.183. The first kappa shape index (κ1) is 16.9. The molecule has 5 heteroatoms. The monoisotopic (exact) mass is 274 g/mol. The number of β-amino-alcohol motifs (C(OH)–C–C–N with tert-alkyl or cyclic N) is 1. The maximum absolute atomic E-state index is 10.1. The van der Waals surface area contributed by atoms with Gasteiger partial charge in [-0.15, -0.1) is 0 Å². The summed E-state index contributed by atoms with van der Waals surface area (Å²) in [6.07, 6.45) is -0.360. The maximum Gasteiger partial charge on any atom is 0.0791 e. The summed E-state index contributed by atoms with van der Waals surface area (Å²) in [7, 11) is 1.68. The average molecular weight is 274 g/mol. The number of rotatable bonds is 7. The molecule has 19 heavy (non-hydrogen) atoms. The molecule has 0 amide bonds. The summed E-state index contributed by atoms with van der Waals surface area (Å²) >= 11 is 0. The van der Waals surface area contributed by atoms with Crippen LogP contribution in [-0.2, 0) is 9.47 Å². The van der Waals surface area contributed by atoms with Crippen LogP contribution in [0.2, 0.25) is 0 Å². The third-order valence-corrected chi connectivity index (χ3v) is 3.09. The van der Waals surface area contributed by atoms with Crippen molar-refractivity contribution in [1.82, 2.24) is 10.2 Å². The molecular formula is C14H30N2O3. The van der Waals surface area contributed by atoms with Gasteiger partial charge >= 0.3 is 0 Å². The van der Waals surface area contributed by atoms with Gasteiger partial charge in [0.25, 0.3) is 0 Å². The van der Waals surface area contributed by atoms with E-state index in [0.717, 1.165) is 19.6 Å². The van der Waals surface area contributed by atoms with Crippen molar-refractivity contribution in [2.45, 2.75) is 45.0 Å². The van der Waals surface area contributed by atoms with Gasteiger partial charge in [0.15, 0.2) is 0 Å². The van der Waals surface area contributed by atoms with Crippen molar-refractivity contribution in [1.29, 1.82) is 0 Å². The number of nitrogens with zero attached hydrogens (tertiary/aromatic N) is 1. The summed E-state index contributed by atoms with van der Waals surface area (Å²) in [6, 6.07) is 0. The van der Waals surface area contributed by atoms with Gasteiger partial charge in [0.05, 0.1) is 23.9 Å². The zero-order chi connectivity index (χ0) is 14.5. The first-order chi connectivity index (χ1) is 8.74. The summed E-state index contributed by atoms with van der Waals surface area (Å²) in [6.45, 7) is 12.8. The minimum atomic E-state index is -0.360. The predicted molar refractivity (Wildman–Crippen MR) is 76.4 cm³/mol. The van der Waals surface area contributed by atoms with Gasteiger partial charge in [0, 0.05) is 39.8 Å². The van der Waals surface area contributed by atoms with E-state index in [2.05, 4.69) is 37.9 Å². The maximum atomic E-state index is 10.1. The van der Waals surface area contributed by atoms with Gasteiger partial charge < -0.3 is 19.9 Å². The number of hydrogen-bond acceptors (Lipinski definition) is 5. The Morgan fingerprint density at radius 3 is 2.37 bits per heavy atom. The average Bonchev–Trinajstić information content (AvgIpc) is 2.19. The fraction of sp³-hybridized carbons (Fsp3) is 1.00. The Balaban J connectivity index is 2.34. The number of ether oxygens (including phenoxy) is 2. The molecule has 1 saturated heterocycles. The van der Waals surface area contributed by atoms with Crippen LogP contribution in [-0.4, -0.2) is 73.8 Å². The number of nitrogens with one attached hydrogen (secondary N) is 1. The second-order valence-electron chi connectivity index (χ2n) is 6.64. The van der Waals surface area contributed by atoms with Gasteiger partial charge in [-0.25, -0.2) is 0 Å². The molecule has 1 aliphatic heterocycles. The molecule has 1 rings (SSSR count). The minimum Gasteiger partial charge on any atom is -0.390 e. The van der Waals surface area contributed by atoms with Crippen molar-refractivity contribution >= 4 is 0 Å². The van der Waals surface area contributed by atoms with Gasteiger partial charge in [-0.2, -0.15) is 0 Å². The highest BCUT2D eigenvalue weighted by molar-refractivity contribution is 4.89. The van der Waals surface area contributed by atoms with Gasteiger partial charge in [0.1, 0.15) is 0 Å². The van der Waals surface area contributed by atoms with E-state index in [1.165, 1.54) is 0 Å². The van der Waals surface area contributed by atoms with E-state index in [1.54, 1.807) is 7.11 Å². The van der Waals surface area contributed by atoms with E-state index in [0.29, 0.717) is 19.7 Å². The van der Waals surface area contributed by atoms with Crippen LogP contribution in [0, 0.1) is 0 Å². The van der Waals surface area contributed by atoms with Gasteiger partial charge in [-0.05, 0) is 27.7 Å². The van der Waals surface area contributed by atoms with Crippen LogP contribution in [0.15, 0.2) is 0 Å². The van der Waals surface area contributed by atoms with Crippen molar-refractivity contribution < 1.29 is 14.6 Å². The Kier molecular flexibility index (Phi) is 6.20. The zero-order valence-corrected chi connectivity index (χ0v) is 13.0. The summed E-state index contributed by atoms with van der Waals surface area (Å²) in [5.74, 6) is 0. The van der Waals surface area contributed by atoms with Crippen LogP contribution in [0.25, 0.3) is 0 Å². The van der Waals surface area contributed by atoms with E-state index in [4.69, 9.17) is 9.47 Å². The normalized spacial score (nSPS) is 24.3. The van der Waals surface area contributed by atoms with Gasteiger partial charge in [0.2, 0.25) is 0 Å². The molecule has 2 N–H and O–H groups in total. The molecule has 1 unspecified atom stereocenters. The molecule has 0 aromatic carbocycles. The highest BCUT2D eigenvalue weighted by atomic mass is 16.5. The molecule has 1 fully saturated rings. The fourth-order valence-electron chi connectivity index (χ4n) is 2.88. The van der Waals surface area contributed by atoms with Crippen LogP contribution in [0.1, 0.15) is 27.7 Å². The standard InChI is InChI=1S/C14H30N2O3/c1-13(2)10-16(11-14(3,4)19-13)9-12(17)8-15-6-7-18-5/h12,15,17H,6-11H2,1-5H3. The molecule has 1 aliphatic rings. The summed E-state index contributed by atoms with van der Waals surface area (Å²) in [5.41, 5.74) is -0.324. The minimum absolute atomic E-state index is 0.162. The summed E-state index contributed by atoms with van der Waals surface area (Å²) in [5, 5.41) is 13.2. The molecule has 0 saturated carbocycles. The Hall–Kier alpha value is -0.200. The molecular weight excluding hydrogens is 244 g/mol. The number of methoxy groups -OCH3 is 1. The summed E-state index contributed by atoms with van der Waals surface area (Å²) < 4.78 is 11.0. The first-order valence-electron chi connectivity index (χ1n) is 7.04. The van der Waals surface area contributed by atoms with E-state index < -0.39 is 0 Å². The zero-order valence-electron chi connectivity index (χ0n) is 13.0. The second-order valence-corrected chi connectivity index (χ2v) is 6.64. The molecule has 0 bridgehead atoms. The second kappa shape index (κ2) is 6.99. The van der Waals surface area contributed by atoms with E-state index in [-0.39, 0.29) is 17.3 Å². The number of hydrogen-bond donors (Lipinski definition) is 2. The van der Waals surface area contributed by atoms with E-state index >= 15 is 0 Å². The van der Waals surface area contributed by atoms with Crippen LogP contribution in [0.3, 0.4) is 0 Å². The molecule has 1 atom stereocenters. The van der Waals surface area contributed by atoms with E-state index in [1.807, 2.05) is 0 Å². The third-order valence-electron chi connectivity index (χ3n) is 3.09. The number of aliphatic hydroxyl groups is 1. The van der Waals surface area contributed by atoms with Crippen LogP contribution >= 0.6 is 0 Å². The smallest absolute Gasteiger partial charge is 0.0791 e. The molecule has 0 spiro atoms. The Morgan fingerprint density at radius 2 is 1.84 bits per heavy atom. The predicted octanol–water partition coefficient (Wildman–Crippen LogP) is 0.473. The molecule has 0 aromatic heterocycles. The number of aliphatic hydroxyl groups excluding tert-OH is 1. The molecule has 114 valence electrons. The molecule has 5 nitrogen and oxygen atoms in total. The van der Waals surface area contributed by atoms with Crippen molar-refractivity contribution in [2.75, 3.05) is 46.4 Å². The van der Waals surface area contributed by atoms with Crippen molar-refractivity contribution in [3.8, 4) is 0 Å². The van der Waals surface area contributed by atoms with Crippen LogP contribution < -0.4 is 5.32 Å².